The minimum absolute atomic E-state index is 0.262. The molecule has 1 aromatic rings. The lowest BCUT2D eigenvalue weighted by molar-refractivity contribution is 0.0496. The number of esters is 1. The predicted molar refractivity (Wildman–Crippen MR) is 85.5 cm³/mol. The van der Waals surface area contributed by atoms with Gasteiger partial charge in [0.05, 0.1) is 12.2 Å². The quantitative estimate of drug-likeness (QED) is 0.417. The molecular formula is C15H20Br2O2. The Morgan fingerprint density at radius 3 is 2.53 bits per heavy atom. The highest BCUT2D eigenvalue weighted by Gasteiger charge is 2.11. The standard InChI is InChI=1S/C15H20Br2O2/c1-2-3-4-5-6-7-10-19-15(18)13-11-12(16)8-9-14(13)17/h8-9,11H,2-7,10H2,1H3. The Balaban J connectivity index is 2.26. The monoisotopic (exact) mass is 390 g/mol. The number of halogens is 2. The van der Waals surface area contributed by atoms with E-state index in [0.29, 0.717) is 12.2 Å². The van der Waals surface area contributed by atoms with Gasteiger partial charge in [0.25, 0.3) is 0 Å². The zero-order chi connectivity index (χ0) is 14.1. The largest absolute Gasteiger partial charge is 0.462 e. The van der Waals surface area contributed by atoms with Gasteiger partial charge < -0.3 is 4.74 Å². The fourth-order valence-corrected chi connectivity index (χ4v) is 2.55. The fraction of sp³-hybridized carbons (Fsp3) is 0.533. The first-order valence-electron chi connectivity index (χ1n) is 6.77. The number of hydrogen-bond donors (Lipinski definition) is 0. The molecule has 0 aliphatic carbocycles. The molecule has 0 atom stereocenters. The number of rotatable bonds is 8. The van der Waals surface area contributed by atoms with Crippen LogP contribution in [0.15, 0.2) is 27.1 Å². The van der Waals surface area contributed by atoms with Gasteiger partial charge in [-0.1, -0.05) is 55.0 Å². The highest BCUT2D eigenvalue weighted by atomic mass is 79.9. The highest BCUT2D eigenvalue weighted by Crippen LogP contribution is 2.22. The van der Waals surface area contributed by atoms with Crippen LogP contribution in [-0.2, 0) is 4.74 Å². The molecule has 0 fully saturated rings. The number of ether oxygens (including phenoxy) is 1. The molecule has 0 bridgehead atoms. The average molecular weight is 392 g/mol. The Morgan fingerprint density at radius 1 is 1.11 bits per heavy atom. The lowest BCUT2D eigenvalue weighted by atomic mass is 10.1. The van der Waals surface area contributed by atoms with E-state index in [0.717, 1.165) is 21.8 Å². The molecule has 0 aromatic heterocycles. The SMILES string of the molecule is CCCCCCCCOC(=O)c1cc(Br)ccc1Br. The van der Waals surface area contributed by atoms with Crippen molar-refractivity contribution < 1.29 is 9.53 Å². The van der Waals surface area contributed by atoms with E-state index in [4.69, 9.17) is 4.74 Å². The first-order chi connectivity index (χ1) is 9.15. The summed E-state index contributed by atoms with van der Waals surface area (Å²) in [6.07, 6.45) is 7.14. The summed E-state index contributed by atoms with van der Waals surface area (Å²) in [5.74, 6) is -0.262. The van der Waals surface area contributed by atoms with Crippen molar-refractivity contribution in [3.8, 4) is 0 Å². The molecule has 0 heterocycles. The summed E-state index contributed by atoms with van der Waals surface area (Å²) in [5.41, 5.74) is 0.570. The average Bonchev–Trinajstić information content (AvgIpc) is 2.40. The van der Waals surface area contributed by atoms with Crippen LogP contribution in [0.3, 0.4) is 0 Å². The lowest BCUT2D eigenvalue weighted by Gasteiger charge is -2.07. The topological polar surface area (TPSA) is 26.3 Å². The third-order valence-corrected chi connectivity index (χ3v) is 4.06. The van der Waals surface area contributed by atoms with Gasteiger partial charge in [0, 0.05) is 8.95 Å². The lowest BCUT2D eigenvalue weighted by Crippen LogP contribution is -2.07. The van der Waals surface area contributed by atoms with Crippen LogP contribution in [-0.4, -0.2) is 12.6 Å². The third kappa shape index (κ3) is 6.57. The number of benzene rings is 1. The van der Waals surface area contributed by atoms with Crippen molar-refractivity contribution in [1.29, 1.82) is 0 Å². The van der Waals surface area contributed by atoms with E-state index in [1.807, 2.05) is 12.1 Å². The maximum Gasteiger partial charge on any atom is 0.339 e. The van der Waals surface area contributed by atoms with Crippen LogP contribution in [0.4, 0.5) is 0 Å². The van der Waals surface area contributed by atoms with E-state index in [1.54, 1.807) is 6.07 Å². The van der Waals surface area contributed by atoms with Crippen molar-refractivity contribution in [1.82, 2.24) is 0 Å². The first kappa shape index (κ1) is 16.7. The third-order valence-electron chi connectivity index (χ3n) is 2.88. The normalized spacial score (nSPS) is 10.5. The van der Waals surface area contributed by atoms with Crippen LogP contribution >= 0.6 is 31.9 Å². The smallest absolute Gasteiger partial charge is 0.339 e. The highest BCUT2D eigenvalue weighted by molar-refractivity contribution is 9.11. The molecule has 0 saturated carbocycles. The van der Waals surface area contributed by atoms with Crippen LogP contribution in [0, 0.1) is 0 Å². The van der Waals surface area contributed by atoms with Crippen molar-refractivity contribution in [2.24, 2.45) is 0 Å². The molecule has 0 spiro atoms. The van der Waals surface area contributed by atoms with Gasteiger partial charge in [-0.3, -0.25) is 0 Å². The Morgan fingerprint density at radius 2 is 1.79 bits per heavy atom. The summed E-state index contributed by atoms with van der Waals surface area (Å²) in [6.45, 7) is 2.71. The molecule has 19 heavy (non-hydrogen) atoms. The molecule has 1 aromatic carbocycles. The molecular weight excluding hydrogens is 372 g/mol. The Hall–Kier alpha value is -0.350. The van der Waals surface area contributed by atoms with E-state index >= 15 is 0 Å². The van der Waals surface area contributed by atoms with Crippen LogP contribution < -0.4 is 0 Å². The number of hydrogen-bond acceptors (Lipinski definition) is 2. The molecule has 2 nitrogen and oxygen atoms in total. The molecule has 0 radical (unpaired) electrons. The summed E-state index contributed by atoms with van der Waals surface area (Å²) < 4.78 is 6.92. The van der Waals surface area contributed by atoms with Gasteiger partial charge in [0.15, 0.2) is 0 Å². The minimum atomic E-state index is -0.262. The second kappa shape index (κ2) is 9.54. The van der Waals surface area contributed by atoms with Crippen LogP contribution in [0.25, 0.3) is 0 Å². The van der Waals surface area contributed by atoms with Crippen molar-refractivity contribution >= 4 is 37.8 Å². The van der Waals surface area contributed by atoms with Gasteiger partial charge in [0.2, 0.25) is 0 Å². The fourth-order valence-electron chi connectivity index (χ4n) is 1.78. The zero-order valence-corrected chi connectivity index (χ0v) is 14.4. The summed E-state index contributed by atoms with van der Waals surface area (Å²) in [7, 11) is 0. The van der Waals surface area contributed by atoms with E-state index in [2.05, 4.69) is 38.8 Å². The van der Waals surface area contributed by atoms with Gasteiger partial charge in [0.1, 0.15) is 0 Å². The summed E-state index contributed by atoms with van der Waals surface area (Å²) in [5, 5.41) is 0. The van der Waals surface area contributed by atoms with Crippen molar-refractivity contribution in [2.45, 2.75) is 45.4 Å². The van der Waals surface area contributed by atoms with Crippen LogP contribution in [0.1, 0.15) is 55.8 Å². The Kier molecular flexibility index (Phi) is 8.38. The predicted octanol–water partition coefficient (Wildman–Crippen LogP) is 5.73. The van der Waals surface area contributed by atoms with Gasteiger partial charge >= 0.3 is 5.97 Å². The minimum Gasteiger partial charge on any atom is -0.462 e. The molecule has 106 valence electrons. The maximum absolute atomic E-state index is 11.9. The van der Waals surface area contributed by atoms with E-state index in [-0.39, 0.29) is 5.97 Å². The molecule has 0 N–H and O–H groups in total. The Bertz CT molecular complexity index is 405. The van der Waals surface area contributed by atoms with Crippen molar-refractivity contribution in [3.63, 3.8) is 0 Å². The summed E-state index contributed by atoms with van der Waals surface area (Å²) in [4.78, 5) is 11.9. The second-order valence-electron chi connectivity index (χ2n) is 4.53. The number of carbonyl (C=O) groups is 1. The molecule has 1 rings (SSSR count). The first-order valence-corrected chi connectivity index (χ1v) is 8.36. The van der Waals surface area contributed by atoms with Gasteiger partial charge in [-0.05, 0) is 40.5 Å². The summed E-state index contributed by atoms with van der Waals surface area (Å²) in [6, 6.07) is 5.49. The zero-order valence-electron chi connectivity index (χ0n) is 11.3. The number of carbonyl (C=O) groups excluding carboxylic acids is 1. The maximum atomic E-state index is 11.9. The van der Waals surface area contributed by atoms with E-state index < -0.39 is 0 Å². The molecule has 0 unspecified atom stereocenters. The molecule has 0 aliphatic heterocycles. The van der Waals surface area contributed by atoms with Gasteiger partial charge in [-0.25, -0.2) is 4.79 Å². The van der Waals surface area contributed by atoms with Crippen molar-refractivity contribution in [2.75, 3.05) is 6.61 Å². The Labute approximate surface area is 132 Å². The second-order valence-corrected chi connectivity index (χ2v) is 6.30. The van der Waals surface area contributed by atoms with Crippen LogP contribution in [0.2, 0.25) is 0 Å². The van der Waals surface area contributed by atoms with Crippen LogP contribution in [0.5, 0.6) is 0 Å². The molecule has 0 aliphatic rings. The number of unbranched alkanes of at least 4 members (excludes halogenated alkanes) is 5. The molecule has 0 amide bonds. The molecule has 0 saturated heterocycles. The summed E-state index contributed by atoms with van der Waals surface area (Å²) >= 11 is 6.71. The van der Waals surface area contributed by atoms with E-state index in [9.17, 15) is 4.79 Å². The van der Waals surface area contributed by atoms with Gasteiger partial charge in [-0.15, -0.1) is 0 Å². The van der Waals surface area contributed by atoms with Crippen molar-refractivity contribution in [3.05, 3.63) is 32.7 Å². The van der Waals surface area contributed by atoms with Gasteiger partial charge in [-0.2, -0.15) is 0 Å². The molecule has 4 heteroatoms. The van der Waals surface area contributed by atoms with E-state index in [1.165, 1.54) is 25.7 Å².